The van der Waals surface area contributed by atoms with Crippen molar-refractivity contribution in [3.05, 3.63) is 42.0 Å². The Morgan fingerprint density at radius 2 is 1.64 bits per heavy atom. The fourth-order valence-corrected chi connectivity index (χ4v) is 3.06. The summed E-state index contributed by atoms with van der Waals surface area (Å²) in [6.07, 6.45) is 9.75. The van der Waals surface area contributed by atoms with Crippen LogP contribution in [0.4, 0.5) is 5.69 Å². The number of fused-ring (bicyclic) bond motifs is 1. The van der Waals surface area contributed by atoms with E-state index < -0.39 is 6.04 Å². The summed E-state index contributed by atoms with van der Waals surface area (Å²) in [5, 5.41) is 5.27. The van der Waals surface area contributed by atoms with Gasteiger partial charge in [0.1, 0.15) is 0 Å². The van der Waals surface area contributed by atoms with Gasteiger partial charge in [-0.2, -0.15) is 0 Å². The second-order valence-corrected chi connectivity index (χ2v) is 6.92. The van der Waals surface area contributed by atoms with E-state index in [1.54, 1.807) is 0 Å². The van der Waals surface area contributed by atoms with Crippen molar-refractivity contribution in [2.24, 2.45) is 5.73 Å². The van der Waals surface area contributed by atoms with Crippen molar-refractivity contribution in [2.75, 3.05) is 5.32 Å². The second kappa shape index (κ2) is 10.2. The maximum Gasteiger partial charge on any atom is 0.241 e. The molecule has 0 spiro atoms. The number of hydrogen-bond acceptors (Lipinski definition) is 2. The van der Waals surface area contributed by atoms with Crippen LogP contribution >= 0.6 is 0 Å². The summed E-state index contributed by atoms with van der Waals surface area (Å²) in [4.78, 5) is 11.9. The van der Waals surface area contributed by atoms with E-state index in [1.165, 1.54) is 49.5 Å². The van der Waals surface area contributed by atoms with Crippen LogP contribution in [0.25, 0.3) is 10.8 Å². The molecule has 2 aromatic carbocycles. The molecule has 0 saturated carbocycles. The maximum atomic E-state index is 11.9. The zero-order valence-corrected chi connectivity index (χ0v) is 15.7. The number of rotatable bonds is 10. The molecule has 0 radical (unpaired) electrons. The highest BCUT2D eigenvalue weighted by Gasteiger charge is 2.11. The molecule has 0 bridgehead atoms. The van der Waals surface area contributed by atoms with Gasteiger partial charge in [-0.25, -0.2) is 0 Å². The molecular weight excluding hydrogens is 308 g/mol. The van der Waals surface area contributed by atoms with Crippen LogP contribution in [0.1, 0.15) is 64.4 Å². The highest BCUT2D eigenvalue weighted by atomic mass is 16.2. The highest BCUT2D eigenvalue weighted by Crippen LogP contribution is 2.22. The summed E-state index contributed by atoms with van der Waals surface area (Å²) in [5.41, 5.74) is 7.98. The van der Waals surface area contributed by atoms with E-state index in [0.717, 1.165) is 17.5 Å². The molecule has 2 aromatic rings. The molecule has 25 heavy (non-hydrogen) atoms. The summed E-state index contributed by atoms with van der Waals surface area (Å²) in [7, 11) is 0. The first-order valence-corrected chi connectivity index (χ1v) is 9.73. The summed E-state index contributed by atoms with van der Waals surface area (Å²) in [5.74, 6) is -0.124. The summed E-state index contributed by atoms with van der Waals surface area (Å²) in [6.45, 7) is 4.17. The lowest BCUT2D eigenvalue weighted by Gasteiger charge is -2.11. The number of amides is 1. The molecular formula is C22H32N2O. The number of aryl methyl sites for hydroxylation is 1. The summed E-state index contributed by atoms with van der Waals surface area (Å²) in [6, 6.07) is 12.2. The number of benzene rings is 2. The third kappa shape index (κ3) is 6.17. The fourth-order valence-electron chi connectivity index (χ4n) is 3.06. The number of unbranched alkanes of at least 4 members (excludes halogenated alkanes) is 5. The average molecular weight is 341 g/mol. The van der Waals surface area contributed by atoms with E-state index in [9.17, 15) is 4.79 Å². The van der Waals surface area contributed by atoms with E-state index in [-0.39, 0.29) is 5.91 Å². The lowest BCUT2D eigenvalue weighted by Crippen LogP contribution is -2.34. The normalized spacial score (nSPS) is 12.3. The zero-order valence-electron chi connectivity index (χ0n) is 15.7. The molecule has 0 aromatic heterocycles. The van der Waals surface area contributed by atoms with E-state index >= 15 is 0 Å². The average Bonchev–Trinajstić information content (AvgIpc) is 2.63. The van der Waals surface area contributed by atoms with Crippen molar-refractivity contribution in [1.82, 2.24) is 0 Å². The molecule has 0 saturated heterocycles. The molecule has 1 atom stereocenters. The minimum atomic E-state index is -0.449. The van der Waals surface area contributed by atoms with Crippen molar-refractivity contribution in [1.29, 1.82) is 0 Å². The fraction of sp³-hybridized carbons (Fsp3) is 0.500. The number of hydrogen-bond donors (Lipinski definition) is 2. The molecule has 0 heterocycles. The summed E-state index contributed by atoms with van der Waals surface area (Å²) >= 11 is 0. The molecule has 3 heteroatoms. The first kappa shape index (κ1) is 19.5. The number of anilines is 1. The molecule has 0 fully saturated rings. The minimum Gasteiger partial charge on any atom is -0.325 e. The molecule has 0 aliphatic heterocycles. The van der Waals surface area contributed by atoms with Crippen LogP contribution in [0.2, 0.25) is 0 Å². The smallest absolute Gasteiger partial charge is 0.241 e. The topological polar surface area (TPSA) is 55.1 Å². The van der Waals surface area contributed by atoms with Gasteiger partial charge in [-0.15, -0.1) is 0 Å². The molecule has 0 aliphatic carbocycles. The number of nitrogens with one attached hydrogen (secondary N) is 1. The van der Waals surface area contributed by atoms with E-state index in [0.29, 0.717) is 6.42 Å². The Bertz CT molecular complexity index is 681. The maximum absolute atomic E-state index is 11.9. The highest BCUT2D eigenvalue weighted by molar-refractivity contribution is 5.97. The Kier molecular flexibility index (Phi) is 7.93. The third-order valence-electron chi connectivity index (χ3n) is 4.77. The summed E-state index contributed by atoms with van der Waals surface area (Å²) < 4.78 is 0. The van der Waals surface area contributed by atoms with Crippen LogP contribution in [-0.4, -0.2) is 11.9 Å². The Morgan fingerprint density at radius 3 is 2.40 bits per heavy atom. The molecule has 0 aliphatic rings. The van der Waals surface area contributed by atoms with Crippen LogP contribution in [0.5, 0.6) is 0 Å². The Labute approximate surface area is 152 Å². The quantitative estimate of drug-likeness (QED) is 0.567. The monoisotopic (exact) mass is 340 g/mol. The molecule has 1 unspecified atom stereocenters. The Hall–Kier alpha value is -1.87. The van der Waals surface area contributed by atoms with Crippen LogP contribution in [0, 0.1) is 0 Å². The molecule has 3 N–H and O–H groups in total. The van der Waals surface area contributed by atoms with Crippen LogP contribution in [0.3, 0.4) is 0 Å². The van der Waals surface area contributed by atoms with E-state index in [2.05, 4.69) is 36.5 Å². The van der Waals surface area contributed by atoms with Gasteiger partial charge >= 0.3 is 0 Å². The predicted octanol–water partition coefficient (Wildman–Crippen LogP) is 5.42. The van der Waals surface area contributed by atoms with Crippen molar-refractivity contribution < 1.29 is 4.79 Å². The van der Waals surface area contributed by atoms with Crippen molar-refractivity contribution in [3.63, 3.8) is 0 Å². The van der Waals surface area contributed by atoms with Crippen molar-refractivity contribution in [2.45, 2.75) is 71.3 Å². The third-order valence-corrected chi connectivity index (χ3v) is 4.77. The van der Waals surface area contributed by atoms with E-state index in [4.69, 9.17) is 5.73 Å². The number of nitrogens with two attached hydrogens (primary N) is 1. The molecule has 2 rings (SSSR count). The van der Waals surface area contributed by atoms with Gasteiger partial charge in [-0.05, 0) is 47.7 Å². The molecule has 136 valence electrons. The van der Waals surface area contributed by atoms with E-state index in [1.807, 2.05) is 19.1 Å². The SMILES string of the molecule is CCCCCCCCc1ccc2cc(NC(=O)C(N)CC)ccc2c1. The number of carbonyl (C=O) groups excluding carboxylic acids is 1. The van der Waals surface area contributed by atoms with Crippen LogP contribution in [0.15, 0.2) is 36.4 Å². The van der Waals surface area contributed by atoms with Gasteiger partial charge in [0.15, 0.2) is 0 Å². The predicted molar refractivity (Wildman–Crippen MR) is 108 cm³/mol. The van der Waals surface area contributed by atoms with Gasteiger partial charge in [0, 0.05) is 5.69 Å². The Balaban J connectivity index is 1.92. The molecule has 3 nitrogen and oxygen atoms in total. The van der Waals surface area contributed by atoms with Crippen molar-refractivity contribution in [3.8, 4) is 0 Å². The van der Waals surface area contributed by atoms with Crippen LogP contribution < -0.4 is 11.1 Å². The van der Waals surface area contributed by atoms with Crippen molar-refractivity contribution >= 4 is 22.4 Å². The van der Waals surface area contributed by atoms with Gasteiger partial charge in [0.2, 0.25) is 5.91 Å². The molecule has 1 amide bonds. The van der Waals surface area contributed by atoms with Gasteiger partial charge in [-0.1, -0.05) is 70.2 Å². The first-order chi connectivity index (χ1) is 12.1. The Morgan fingerprint density at radius 1 is 0.960 bits per heavy atom. The minimum absolute atomic E-state index is 0.124. The standard InChI is InChI=1S/C22H32N2O/c1-3-5-6-7-8-9-10-17-11-12-19-16-20(14-13-18(19)15-17)24-22(25)21(23)4-2/h11-16,21H,3-10,23H2,1-2H3,(H,24,25). The van der Waals surface area contributed by atoms with Crippen LogP contribution in [-0.2, 0) is 11.2 Å². The first-order valence-electron chi connectivity index (χ1n) is 9.73. The zero-order chi connectivity index (χ0) is 18.1. The largest absolute Gasteiger partial charge is 0.325 e. The lowest BCUT2D eigenvalue weighted by atomic mass is 10.0. The van der Waals surface area contributed by atoms with Gasteiger partial charge in [-0.3, -0.25) is 4.79 Å². The lowest BCUT2D eigenvalue weighted by molar-refractivity contribution is -0.117. The van der Waals surface area contributed by atoms with Gasteiger partial charge in [0.05, 0.1) is 6.04 Å². The van der Waals surface area contributed by atoms with Gasteiger partial charge < -0.3 is 11.1 Å². The van der Waals surface area contributed by atoms with Gasteiger partial charge in [0.25, 0.3) is 0 Å². The number of carbonyl (C=O) groups is 1. The second-order valence-electron chi connectivity index (χ2n) is 6.92.